The Kier molecular flexibility index (Phi) is 3.14. The molecule has 0 amide bonds. The molecule has 0 spiro atoms. The van der Waals surface area contributed by atoms with Gasteiger partial charge < -0.3 is 10.2 Å². The van der Waals surface area contributed by atoms with Crippen molar-refractivity contribution < 1.29 is 0 Å². The molecule has 0 unspecified atom stereocenters. The number of anilines is 3. The third-order valence-electron chi connectivity index (χ3n) is 3.51. The largest absolute Gasteiger partial charge is 0.378 e. The molecule has 1 aliphatic heterocycles. The lowest BCUT2D eigenvalue weighted by molar-refractivity contribution is 1.10. The number of fused-ring (bicyclic) bond motifs is 1. The van der Waals surface area contributed by atoms with Gasteiger partial charge in [0.25, 0.3) is 0 Å². The third-order valence-corrected chi connectivity index (χ3v) is 3.51. The zero-order valence-electron chi connectivity index (χ0n) is 12.0. The van der Waals surface area contributed by atoms with E-state index in [1.54, 1.807) is 0 Å². The molecule has 0 fully saturated rings. The summed E-state index contributed by atoms with van der Waals surface area (Å²) in [4.78, 5) is 11.0. The van der Waals surface area contributed by atoms with Crippen molar-refractivity contribution in [2.24, 2.45) is 4.99 Å². The third kappa shape index (κ3) is 2.25. The van der Waals surface area contributed by atoms with Gasteiger partial charge in [0.2, 0.25) is 0 Å². The van der Waals surface area contributed by atoms with Crippen molar-refractivity contribution in [2.75, 3.05) is 24.3 Å². The maximum absolute atomic E-state index is 4.48. The van der Waals surface area contributed by atoms with Crippen LogP contribution in [-0.4, -0.2) is 24.8 Å². The first-order valence-electron chi connectivity index (χ1n) is 6.69. The molecule has 0 bridgehead atoms. The highest BCUT2D eigenvalue weighted by Gasteiger charge is 2.17. The van der Waals surface area contributed by atoms with Crippen molar-refractivity contribution in [1.82, 2.24) is 4.98 Å². The van der Waals surface area contributed by atoms with E-state index < -0.39 is 0 Å². The molecule has 1 aromatic carbocycles. The normalized spacial score (nSPS) is 12.8. The van der Waals surface area contributed by atoms with Crippen LogP contribution in [0.3, 0.4) is 0 Å². The number of pyridine rings is 1. The predicted molar refractivity (Wildman–Crippen MR) is 84.2 cm³/mol. The van der Waals surface area contributed by atoms with Gasteiger partial charge in [-0.1, -0.05) is 6.07 Å². The SMILES string of the molecule is CC1=NCc2ccnc(Nc3cccc(N(C)C)c3)c21. The number of rotatable bonds is 3. The van der Waals surface area contributed by atoms with E-state index in [4.69, 9.17) is 0 Å². The number of aliphatic imine (C=N–C) groups is 1. The molecule has 0 saturated carbocycles. The van der Waals surface area contributed by atoms with Crippen LogP contribution < -0.4 is 10.2 Å². The van der Waals surface area contributed by atoms with Crippen molar-refractivity contribution in [1.29, 1.82) is 0 Å². The Labute approximate surface area is 119 Å². The van der Waals surface area contributed by atoms with Gasteiger partial charge in [-0.25, -0.2) is 4.98 Å². The fourth-order valence-electron chi connectivity index (χ4n) is 2.41. The van der Waals surface area contributed by atoms with E-state index in [9.17, 15) is 0 Å². The smallest absolute Gasteiger partial charge is 0.139 e. The standard InChI is InChI=1S/C16H18N4/c1-11-15-12(10-18-11)7-8-17-16(15)19-13-5-4-6-14(9-13)20(2)3/h4-9H,10H2,1-3H3,(H,17,19). The highest BCUT2D eigenvalue weighted by molar-refractivity contribution is 6.06. The van der Waals surface area contributed by atoms with Crippen LogP contribution in [0, 0.1) is 0 Å². The fourth-order valence-corrected chi connectivity index (χ4v) is 2.41. The molecular weight excluding hydrogens is 248 g/mol. The van der Waals surface area contributed by atoms with E-state index in [-0.39, 0.29) is 0 Å². The van der Waals surface area contributed by atoms with Gasteiger partial charge in [0.15, 0.2) is 0 Å². The molecule has 3 rings (SSSR count). The minimum Gasteiger partial charge on any atom is -0.378 e. The summed E-state index contributed by atoms with van der Waals surface area (Å²) in [5.74, 6) is 0.886. The summed E-state index contributed by atoms with van der Waals surface area (Å²) in [7, 11) is 4.07. The molecule has 1 N–H and O–H groups in total. The first kappa shape index (κ1) is 12.7. The Bertz CT molecular complexity index is 674. The molecule has 0 aliphatic carbocycles. The lowest BCUT2D eigenvalue weighted by Gasteiger charge is -2.15. The average molecular weight is 266 g/mol. The molecular formula is C16H18N4. The highest BCUT2D eigenvalue weighted by Crippen LogP contribution is 2.28. The van der Waals surface area contributed by atoms with E-state index >= 15 is 0 Å². The summed E-state index contributed by atoms with van der Waals surface area (Å²) in [6.45, 7) is 2.80. The number of hydrogen-bond donors (Lipinski definition) is 1. The van der Waals surface area contributed by atoms with Gasteiger partial charge in [-0.15, -0.1) is 0 Å². The Morgan fingerprint density at radius 1 is 1.20 bits per heavy atom. The van der Waals surface area contributed by atoms with Crippen LogP contribution in [-0.2, 0) is 6.54 Å². The van der Waals surface area contributed by atoms with Gasteiger partial charge in [-0.05, 0) is 36.8 Å². The Morgan fingerprint density at radius 2 is 2.05 bits per heavy atom. The van der Waals surface area contributed by atoms with Crippen molar-refractivity contribution in [2.45, 2.75) is 13.5 Å². The topological polar surface area (TPSA) is 40.5 Å². The maximum atomic E-state index is 4.48. The fraction of sp³-hybridized carbons (Fsp3) is 0.250. The first-order chi connectivity index (χ1) is 9.65. The minimum atomic E-state index is 0.760. The monoisotopic (exact) mass is 266 g/mol. The van der Waals surface area contributed by atoms with Crippen LogP contribution in [0.1, 0.15) is 18.1 Å². The molecule has 2 heterocycles. The van der Waals surface area contributed by atoms with Crippen molar-refractivity contribution >= 4 is 22.9 Å². The van der Waals surface area contributed by atoms with Crippen LogP contribution in [0.2, 0.25) is 0 Å². The quantitative estimate of drug-likeness (QED) is 0.927. The van der Waals surface area contributed by atoms with Crippen LogP contribution in [0.4, 0.5) is 17.2 Å². The molecule has 0 saturated heterocycles. The minimum absolute atomic E-state index is 0.760. The van der Waals surface area contributed by atoms with E-state index in [2.05, 4.69) is 38.4 Å². The molecule has 2 aromatic rings. The van der Waals surface area contributed by atoms with Crippen LogP contribution >= 0.6 is 0 Å². The van der Waals surface area contributed by atoms with E-state index in [0.717, 1.165) is 35.0 Å². The summed E-state index contributed by atoms with van der Waals surface area (Å²) in [5, 5.41) is 3.41. The molecule has 0 atom stereocenters. The molecule has 0 radical (unpaired) electrons. The van der Waals surface area contributed by atoms with Crippen LogP contribution in [0.25, 0.3) is 0 Å². The van der Waals surface area contributed by atoms with Gasteiger partial charge in [0.05, 0.1) is 6.54 Å². The summed E-state index contributed by atoms with van der Waals surface area (Å²) in [6.07, 6.45) is 1.84. The maximum Gasteiger partial charge on any atom is 0.139 e. The van der Waals surface area contributed by atoms with Gasteiger partial charge >= 0.3 is 0 Å². The van der Waals surface area contributed by atoms with Crippen molar-refractivity contribution in [3.05, 3.63) is 47.7 Å². The van der Waals surface area contributed by atoms with E-state index in [1.165, 1.54) is 5.56 Å². The van der Waals surface area contributed by atoms with Gasteiger partial charge in [-0.3, -0.25) is 4.99 Å². The Balaban J connectivity index is 1.95. The van der Waals surface area contributed by atoms with Gasteiger partial charge in [0, 0.05) is 42.9 Å². The number of nitrogens with one attached hydrogen (secondary N) is 1. The number of benzene rings is 1. The number of hydrogen-bond acceptors (Lipinski definition) is 4. The van der Waals surface area contributed by atoms with Crippen LogP contribution in [0.15, 0.2) is 41.5 Å². The Morgan fingerprint density at radius 3 is 2.85 bits per heavy atom. The molecule has 20 heavy (non-hydrogen) atoms. The number of nitrogens with zero attached hydrogens (tertiary/aromatic N) is 3. The summed E-state index contributed by atoms with van der Waals surface area (Å²) in [6, 6.07) is 10.3. The molecule has 4 heteroatoms. The summed E-state index contributed by atoms with van der Waals surface area (Å²) >= 11 is 0. The molecule has 4 nitrogen and oxygen atoms in total. The average Bonchev–Trinajstić information content (AvgIpc) is 2.82. The van der Waals surface area contributed by atoms with Gasteiger partial charge in [0.1, 0.15) is 5.82 Å². The zero-order valence-corrected chi connectivity index (χ0v) is 12.0. The van der Waals surface area contributed by atoms with Gasteiger partial charge in [-0.2, -0.15) is 0 Å². The number of aromatic nitrogens is 1. The summed E-state index contributed by atoms with van der Waals surface area (Å²) in [5.41, 5.74) is 5.63. The zero-order chi connectivity index (χ0) is 14.1. The first-order valence-corrected chi connectivity index (χ1v) is 6.69. The van der Waals surface area contributed by atoms with Crippen LogP contribution in [0.5, 0.6) is 0 Å². The molecule has 102 valence electrons. The predicted octanol–water partition coefficient (Wildman–Crippen LogP) is 3.21. The van der Waals surface area contributed by atoms with E-state index in [0.29, 0.717) is 0 Å². The summed E-state index contributed by atoms with van der Waals surface area (Å²) < 4.78 is 0. The van der Waals surface area contributed by atoms with Crippen molar-refractivity contribution in [3.63, 3.8) is 0 Å². The Hall–Kier alpha value is -2.36. The molecule has 1 aliphatic rings. The second kappa shape index (κ2) is 4.96. The second-order valence-corrected chi connectivity index (χ2v) is 5.17. The highest BCUT2D eigenvalue weighted by atomic mass is 15.1. The molecule has 1 aromatic heterocycles. The van der Waals surface area contributed by atoms with Crippen molar-refractivity contribution in [3.8, 4) is 0 Å². The second-order valence-electron chi connectivity index (χ2n) is 5.17. The lowest BCUT2D eigenvalue weighted by Crippen LogP contribution is -2.09. The van der Waals surface area contributed by atoms with E-state index in [1.807, 2.05) is 39.3 Å². The lowest BCUT2D eigenvalue weighted by atomic mass is 10.1.